The molecule has 5 nitrogen and oxygen atoms in total. The Morgan fingerprint density at radius 2 is 1.78 bits per heavy atom. The van der Waals surface area contributed by atoms with Crippen LogP contribution in [0.3, 0.4) is 0 Å². The third-order valence-corrected chi connectivity index (χ3v) is 4.84. The average molecular weight is 325 g/mol. The largest absolute Gasteiger partial charge is 0.343 e. The normalized spacial score (nSPS) is 23.5. The second-order valence-electron chi connectivity index (χ2n) is 8.24. The number of nitrogens with two attached hydrogens (primary N) is 1. The molecule has 23 heavy (non-hydrogen) atoms. The van der Waals surface area contributed by atoms with Gasteiger partial charge in [-0.1, -0.05) is 40.5 Å². The Morgan fingerprint density at radius 1 is 1.22 bits per heavy atom. The van der Waals surface area contributed by atoms with Gasteiger partial charge in [0.1, 0.15) is 6.04 Å². The highest BCUT2D eigenvalue weighted by Crippen LogP contribution is 2.31. The summed E-state index contributed by atoms with van der Waals surface area (Å²) >= 11 is 0. The zero-order chi connectivity index (χ0) is 17.8. The Morgan fingerprint density at radius 3 is 2.22 bits per heavy atom. The number of nitrogens with one attached hydrogen (secondary N) is 1. The van der Waals surface area contributed by atoms with Crippen molar-refractivity contribution in [3.05, 3.63) is 0 Å². The monoisotopic (exact) mass is 325 g/mol. The summed E-state index contributed by atoms with van der Waals surface area (Å²) < 4.78 is 0. The SMILES string of the molecule is CC1CCCCC1N(C(=O)C(NC(=O)CN)C(C)(C)C)C(C)C. The molecule has 0 aliphatic heterocycles. The first-order chi connectivity index (χ1) is 10.6. The van der Waals surface area contributed by atoms with Crippen molar-refractivity contribution in [2.24, 2.45) is 17.1 Å². The molecular weight excluding hydrogens is 290 g/mol. The smallest absolute Gasteiger partial charge is 0.246 e. The van der Waals surface area contributed by atoms with Gasteiger partial charge in [0.25, 0.3) is 0 Å². The minimum absolute atomic E-state index is 0.0213. The van der Waals surface area contributed by atoms with Crippen LogP contribution in [-0.4, -0.2) is 41.4 Å². The molecule has 2 amide bonds. The first-order valence-corrected chi connectivity index (χ1v) is 8.91. The molecule has 1 fully saturated rings. The minimum Gasteiger partial charge on any atom is -0.343 e. The van der Waals surface area contributed by atoms with E-state index in [2.05, 4.69) is 26.1 Å². The van der Waals surface area contributed by atoms with Crippen LogP contribution in [0, 0.1) is 11.3 Å². The second kappa shape index (κ2) is 8.13. The molecule has 0 saturated heterocycles. The van der Waals surface area contributed by atoms with Gasteiger partial charge >= 0.3 is 0 Å². The topological polar surface area (TPSA) is 75.4 Å². The van der Waals surface area contributed by atoms with Crippen LogP contribution < -0.4 is 11.1 Å². The summed E-state index contributed by atoms with van der Waals surface area (Å²) in [6.45, 7) is 12.2. The van der Waals surface area contributed by atoms with Crippen molar-refractivity contribution in [2.75, 3.05) is 6.54 Å². The van der Waals surface area contributed by atoms with E-state index in [4.69, 9.17) is 5.73 Å². The van der Waals surface area contributed by atoms with Crippen molar-refractivity contribution < 1.29 is 9.59 Å². The molecule has 3 unspecified atom stereocenters. The van der Waals surface area contributed by atoms with Crippen LogP contribution in [0.1, 0.15) is 67.2 Å². The molecule has 0 bridgehead atoms. The van der Waals surface area contributed by atoms with Crippen molar-refractivity contribution in [1.29, 1.82) is 0 Å². The lowest BCUT2D eigenvalue weighted by Crippen LogP contribution is -2.60. The summed E-state index contributed by atoms with van der Waals surface area (Å²) in [7, 11) is 0. The highest BCUT2D eigenvalue weighted by atomic mass is 16.2. The minimum atomic E-state index is -0.546. The number of rotatable bonds is 5. The summed E-state index contributed by atoms with van der Waals surface area (Å²) in [6, 6.07) is -0.168. The number of hydrogen-bond donors (Lipinski definition) is 2. The van der Waals surface area contributed by atoms with Gasteiger partial charge in [-0.05, 0) is 38.0 Å². The molecule has 1 rings (SSSR count). The maximum Gasteiger partial charge on any atom is 0.246 e. The van der Waals surface area contributed by atoms with Gasteiger partial charge in [-0.15, -0.1) is 0 Å². The maximum atomic E-state index is 13.3. The van der Waals surface area contributed by atoms with E-state index in [-0.39, 0.29) is 35.9 Å². The summed E-state index contributed by atoms with van der Waals surface area (Å²) in [5.74, 6) is 0.243. The Hall–Kier alpha value is -1.10. The zero-order valence-electron chi connectivity index (χ0n) is 15.7. The second-order valence-corrected chi connectivity index (χ2v) is 8.24. The van der Waals surface area contributed by atoms with Gasteiger partial charge in [0.15, 0.2) is 0 Å². The van der Waals surface area contributed by atoms with E-state index in [0.29, 0.717) is 5.92 Å². The van der Waals surface area contributed by atoms with Crippen LogP contribution in [0.4, 0.5) is 0 Å². The lowest BCUT2D eigenvalue weighted by atomic mass is 9.81. The van der Waals surface area contributed by atoms with Gasteiger partial charge in [0.2, 0.25) is 11.8 Å². The molecule has 1 aliphatic carbocycles. The van der Waals surface area contributed by atoms with Crippen LogP contribution in [0.25, 0.3) is 0 Å². The van der Waals surface area contributed by atoms with Gasteiger partial charge < -0.3 is 16.0 Å². The van der Waals surface area contributed by atoms with Gasteiger partial charge in [-0.2, -0.15) is 0 Å². The van der Waals surface area contributed by atoms with Crippen molar-refractivity contribution in [2.45, 2.75) is 85.4 Å². The number of amides is 2. The van der Waals surface area contributed by atoms with Crippen molar-refractivity contribution in [3.63, 3.8) is 0 Å². The highest BCUT2D eigenvalue weighted by Gasteiger charge is 2.40. The third kappa shape index (κ3) is 5.20. The predicted molar refractivity (Wildman–Crippen MR) is 93.8 cm³/mol. The molecule has 3 N–H and O–H groups in total. The van der Waals surface area contributed by atoms with Gasteiger partial charge in [-0.3, -0.25) is 9.59 Å². The lowest BCUT2D eigenvalue weighted by Gasteiger charge is -2.44. The van der Waals surface area contributed by atoms with Crippen LogP contribution in [0.5, 0.6) is 0 Å². The quantitative estimate of drug-likeness (QED) is 0.814. The first kappa shape index (κ1) is 19.9. The van der Waals surface area contributed by atoms with E-state index in [0.717, 1.165) is 12.8 Å². The summed E-state index contributed by atoms with van der Waals surface area (Å²) in [5.41, 5.74) is 5.07. The molecule has 0 heterocycles. The number of nitrogens with zero attached hydrogens (tertiary/aromatic N) is 1. The summed E-state index contributed by atoms with van der Waals surface area (Å²) in [5, 5.41) is 2.84. The van der Waals surface area contributed by atoms with Crippen LogP contribution in [-0.2, 0) is 9.59 Å². The molecule has 5 heteroatoms. The fourth-order valence-electron chi connectivity index (χ4n) is 3.53. The average Bonchev–Trinajstić information content (AvgIpc) is 2.45. The Labute approximate surface area is 141 Å². The summed E-state index contributed by atoms with van der Waals surface area (Å²) in [6.07, 6.45) is 4.62. The van der Waals surface area contributed by atoms with Crippen molar-refractivity contribution in [3.8, 4) is 0 Å². The molecule has 0 spiro atoms. The molecule has 1 saturated carbocycles. The fraction of sp³-hybridized carbons (Fsp3) is 0.889. The van der Waals surface area contributed by atoms with Crippen LogP contribution >= 0.6 is 0 Å². The fourth-order valence-corrected chi connectivity index (χ4v) is 3.53. The first-order valence-electron chi connectivity index (χ1n) is 8.91. The number of hydrogen-bond acceptors (Lipinski definition) is 3. The molecule has 134 valence electrons. The predicted octanol–water partition coefficient (Wildman–Crippen LogP) is 2.29. The number of carbonyl (C=O) groups is 2. The third-order valence-electron chi connectivity index (χ3n) is 4.84. The number of carbonyl (C=O) groups excluding carboxylic acids is 2. The Bertz CT molecular complexity index is 415. The van der Waals surface area contributed by atoms with Gasteiger partial charge in [0, 0.05) is 12.1 Å². The molecule has 0 aromatic rings. The van der Waals surface area contributed by atoms with Gasteiger partial charge in [-0.25, -0.2) is 0 Å². The standard InChI is InChI=1S/C18H35N3O2/c1-12(2)21(14-10-8-7-9-13(14)3)17(23)16(18(4,5)6)20-15(22)11-19/h12-14,16H,7-11,19H2,1-6H3,(H,20,22). The molecule has 0 aromatic heterocycles. The van der Waals surface area contributed by atoms with E-state index in [1.165, 1.54) is 12.8 Å². The van der Waals surface area contributed by atoms with E-state index in [1.54, 1.807) is 0 Å². The van der Waals surface area contributed by atoms with E-state index in [1.807, 2.05) is 25.7 Å². The van der Waals surface area contributed by atoms with E-state index >= 15 is 0 Å². The molecule has 0 radical (unpaired) electrons. The van der Waals surface area contributed by atoms with Crippen molar-refractivity contribution >= 4 is 11.8 Å². The highest BCUT2D eigenvalue weighted by molar-refractivity contribution is 5.89. The van der Waals surface area contributed by atoms with Crippen LogP contribution in [0.2, 0.25) is 0 Å². The molecule has 1 aliphatic rings. The molecular formula is C18H35N3O2. The maximum absolute atomic E-state index is 13.3. The molecule has 0 aromatic carbocycles. The lowest BCUT2D eigenvalue weighted by molar-refractivity contribution is -0.145. The molecule has 3 atom stereocenters. The van der Waals surface area contributed by atoms with E-state index < -0.39 is 6.04 Å². The van der Waals surface area contributed by atoms with E-state index in [9.17, 15) is 9.59 Å². The van der Waals surface area contributed by atoms with Crippen molar-refractivity contribution in [1.82, 2.24) is 10.2 Å². The van der Waals surface area contributed by atoms with Gasteiger partial charge in [0.05, 0.1) is 6.54 Å². The Kier molecular flexibility index (Phi) is 7.05. The zero-order valence-corrected chi connectivity index (χ0v) is 15.7. The summed E-state index contributed by atoms with van der Waals surface area (Å²) in [4.78, 5) is 27.1. The van der Waals surface area contributed by atoms with Crippen LogP contribution in [0.15, 0.2) is 0 Å². The Balaban J connectivity index is 3.06.